The molecule has 3 aliphatic rings. The predicted octanol–water partition coefficient (Wildman–Crippen LogP) is 0.683. The van der Waals surface area contributed by atoms with Crippen LogP contribution in [-0.2, 0) is 14.3 Å². The van der Waals surface area contributed by atoms with E-state index in [0.29, 0.717) is 25.7 Å². The Kier molecular flexibility index (Phi) is 3.73. The van der Waals surface area contributed by atoms with E-state index in [2.05, 4.69) is 5.32 Å². The minimum absolute atomic E-state index is 0.0918. The van der Waals surface area contributed by atoms with Crippen molar-refractivity contribution in [3.05, 3.63) is 0 Å². The molecule has 0 aromatic heterocycles. The van der Waals surface area contributed by atoms with Crippen LogP contribution in [0.15, 0.2) is 0 Å². The van der Waals surface area contributed by atoms with E-state index in [9.17, 15) is 9.59 Å². The first-order chi connectivity index (χ1) is 9.24. The average molecular weight is 266 g/mol. The molecule has 1 atom stereocenters. The maximum absolute atomic E-state index is 12.2. The third-order valence-electron chi connectivity index (χ3n) is 4.31. The molecule has 5 nitrogen and oxygen atoms in total. The molecule has 0 aromatic carbocycles. The summed E-state index contributed by atoms with van der Waals surface area (Å²) in [6.45, 7) is 2.10. The second kappa shape index (κ2) is 5.49. The van der Waals surface area contributed by atoms with Crippen LogP contribution < -0.4 is 5.32 Å². The molecular formula is C14H22N2O3. The maximum Gasteiger partial charge on any atom is 0.251 e. The van der Waals surface area contributed by atoms with Crippen molar-refractivity contribution in [2.75, 3.05) is 19.7 Å². The van der Waals surface area contributed by atoms with Gasteiger partial charge in [-0.2, -0.15) is 0 Å². The monoisotopic (exact) mass is 266 g/mol. The number of nitrogens with one attached hydrogen (secondary N) is 1. The van der Waals surface area contributed by atoms with E-state index in [-0.39, 0.29) is 23.8 Å². The van der Waals surface area contributed by atoms with Crippen LogP contribution in [0.5, 0.6) is 0 Å². The molecule has 2 heterocycles. The number of amides is 2. The zero-order valence-electron chi connectivity index (χ0n) is 11.3. The quantitative estimate of drug-likeness (QED) is 0.817. The van der Waals surface area contributed by atoms with Crippen molar-refractivity contribution in [1.82, 2.24) is 10.2 Å². The number of rotatable bonds is 3. The van der Waals surface area contributed by atoms with Gasteiger partial charge in [0.15, 0.2) is 0 Å². The summed E-state index contributed by atoms with van der Waals surface area (Å²) >= 11 is 0. The summed E-state index contributed by atoms with van der Waals surface area (Å²) < 4.78 is 5.43. The fourth-order valence-electron chi connectivity index (χ4n) is 2.88. The molecule has 1 aliphatic carbocycles. The molecule has 2 aliphatic heterocycles. The van der Waals surface area contributed by atoms with Crippen LogP contribution in [-0.4, -0.2) is 48.6 Å². The number of nitrogens with zero attached hydrogens (tertiary/aromatic N) is 1. The Bertz CT molecular complexity index is 354. The number of piperidine rings is 1. The molecule has 1 saturated carbocycles. The van der Waals surface area contributed by atoms with Gasteiger partial charge < -0.3 is 15.0 Å². The van der Waals surface area contributed by atoms with Crippen LogP contribution >= 0.6 is 0 Å². The van der Waals surface area contributed by atoms with Gasteiger partial charge in [-0.1, -0.05) is 0 Å². The molecule has 5 heteroatoms. The van der Waals surface area contributed by atoms with E-state index >= 15 is 0 Å². The molecule has 2 amide bonds. The van der Waals surface area contributed by atoms with Crippen molar-refractivity contribution in [2.24, 2.45) is 5.92 Å². The number of ether oxygens (including phenoxy) is 1. The number of carbonyl (C=O) groups excluding carboxylic acids is 2. The zero-order chi connectivity index (χ0) is 13.2. The van der Waals surface area contributed by atoms with Crippen molar-refractivity contribution >= 4 is 11.8 Å². The smallest absolute Gasteiger partial charge is 0.251 e. The molecule has 0 bridgehead atoms. The van der Waals surface area contributed by atoms with Crippen LogP contribution in [0.2, 0.25) is 0 Å². The largest absolute Gasteiger partial charge is 0.368 e. The highest BCUT2D eigenvalue weighted by molar-refractivity contribution is 5.82. The van der Waals surface area contributed by atoms with Gasteiger partial charge in [-0.3, -0.25) is 9.59 Å². The minimum atomic E-state index is -0.225. The van der Waals surface area contributed by atoms with Gasteiger partial charge in [0.1, 0.15) is 6.10 Å². The summed E-state index contributed by atoms with van der Waals surface area (Å²) in [5, 5.41) is 3.06. The molecule has 1 N–H and O–H groups in total. The van der Waals surface area contributed by atoms with E-state index in [1.54, 1.807) is 0 Å². The second-order valence-corrected chi connectivity index (χ2v) is 5.88. The van der Waals surface area contributed by atoms with Gasteiger partial charge in [-0.05, 0) is 38.5 Å². The number of likely N-dealkylation sites (tertiary alicyclic amines) is 1. The Balaban J connectivity index is 1.45. The van der Waals surface area contributed by atoms with Gasteiger partial charge in [-0.15, -0.1) is 0 Å². The van der Waals surface area contributed by atoms with Gasteiger partial charge in [0.25, 0.3) is 5.91 Å². The van der Waals surface area contributed by atoms with Gasteiger partial charge in [0.05, 0.1) is 0 Å². The van der Waals surface area contributed by atoms with Gasteiger partial charge in [-0.25, -0.2) is 0 Å². The SMILES string of the molecule is O=C(NC1CC1)C1CCN(C(=O)C2CCCO2)CC1. The van der Waals surface area contributed by atoms with E-state index in [4.69, 9.17) is 4.74 Å². The summed E-state index contributed by atoms with van der Waals surface area (Å²) in [6.07, 6.45) is 5.44. The zero-order valence-corrected chi connectivity index (χ0v) is 11.3. The molecule has 0 radical (unpaired) electrons. The third kappa shape index (κ3) is 3.08. The van der Waals surface area contributed by atoms with E-state index in [1.165, 1.54) is 0 Å². The standard InChI is InChI=1S/C14H22N2O3/c17-13(15-11-3-4-11)10-5-7-16(8-6-10)14(18)12-2-1-9-19-12/h10-12H,1-9H2,(H,15,17). The average Bonchev–Trinajstić information content (AvgIpc) is 3.08. The first kappa shape index (κ1) is 12.9. The van der Waals surface area contributed by atoms with Crippen molar-refractivity contribution in [3.8, 4) is 0 Å². The van der Waals surface area contributed by atoms with Gasteiger partial charge in [0, 0.05) is 31.7 Å². The lowest BCUT2D eigenvalue weighted by Gasteiger charge is -2.32. The van der Waals surface area contributed by atoms with Crippen molar-refractivity contribution < 1.29 is 14.3 Å². The van der Waals surface area contributed by atoms with Crippen LogP contribution in [0, 0.1) is 5.92 Å². The topological polar surface area (TPSA) is 58.6 Å². The minimum Gasteiger partial charge on any atom is -0.368 e. The normalized spacial score (nSPS) is 28.4. The first-order valence-corrected chi connectivity index (χ1v) is 7.45. The van der Waals surface area contributed by atoms with E-state index < -0.39 is 0 Å². The molecule has 1 unspecified atom stereocenters. The fraction of sp³-hybridized carbons (Fsp3) is 0.857. The Labute approximate surface area is 113 Å². The Morgan fingerprint density at radius 3 is 2.37 bits per heavy atom. The molecule has 3 rings (SSSR count). The van der Waals surface area contributed by atoms with E-state index in [1.807, 2.05) is 4.90 Å². The Morgan fingerprint density at radius 2 is 1.79 bits per heavy atom. The lowest BCUT2D eigenvalue weighted by molar-refractivity contribution is -0.143. The first-order valence-electron chi connectivity index (χ1n) is 7.45. The summed E-state index contributed by atoms with van der Waals surface area (Å²) in [5.41, 5.74) is 0. The number of hydrogen-bond donors (Lipinski definition) is 1. The molecule has 0 aromatic rings. The number of hydrogen-bond acceptors (Lipinski definition) is 3. The molecule has 3 fully saturated rings. The molecule has 19 heavy (non-hydrogen) atoms. The summed E-state index contributed by atoms with van der Waals surface area (Å²) in [4.78, 5) is 26.0. The van der Waals surface area contributed by atoms with E-state index in [0.717, 1.165) is 38.5 Å². The fourth-order valence-corrected chi connectivity index (χ4v) is 2.88. The highest BCUT2D eigenvalue weighted by Crippen LogP contribution is 2.24. The van der Waals surface area contributed by atoms with Crippen LogP contribution in [0.25, 0.3) is 0 Å². The van der Waals surface area contributed by atoms with Crippen LogP contribution in [0.1, 0.15) is 38.5 Å². The highest BCUT2D eigenvalue weighted by Gasteiger charge is 2.34. The molecule has 0 spiro atoms. The number of carbonyl (C=O) groups is 2. The predicted molar refractivity (Wildman–Crippen MR) is 69.4 cm³/mol. The van der Waals surface area contributed by atoms with Crippen LogP contribution in [0.3, 0.4) is 0 Å². The summed E-state index contributed by atoms with van der Waals surface area (Å²) in [5.74, 6) is 0.402. The second-order valence-electron chi connectivity index (χ2n) is 5.88. The highest BCUT2D eigenvalue weighted by atomic mass is 16.5. The van der Waals surface area contributed by atoms with Gasteiger partial charge in [0.2, 0.25) is 5.91 Å². The Hall–Kier alpha value is -1.10. The lowest BCUT2D eigenvalue weighted by Crippen LogP contribution is -2.46. The lowest BCUT2D eigenvalue weighted by atomic mass is 9.95. The van der Waals surface area contributed by atoms with Crippen molar-refractivity contribution in [1.29, 1.82) is 0 Å². The summed E-state index contributed by atoms with van der Waals surface area (Å²) in [7, 11) is 0. The summed E-state index contributed by atoms with van der Waals surface area (Å²) in [6, 6.07) is 0.430. The third-order valence-corrected chi connectivity index (χ3v) is 4.31. The Morgan fingerprint density at radius 1 is 1.05 bits per heavy atom. The van der Waals surface area contributed by atoms with Crippen molar-refractivity contribution in [2.45, 2.75) is 50.7 Å². The maximum atomic E-state index is 12.2. The van der Waals surface area contributed by atoms with Gasteiger partial charge >= 0.3 is 0 Å². The van der Waals surface area contributed by atoms with Crippen LogP contribution in [0.4, 0.5) is 0 Å². The molecule has 2 saturated heterocycles. The molecular weight excluding hydrogens is 244 g/mol. The molecule has 106 valence electrons. The van der Waals surface area contributed by atoms with Crippen molar-refractivity contribution in [3.63, 3.8) is 0 Å².